The molecule has 0 bridgehead atoms. The summed E-state index contributed by atoms with van der Waals surface area (Å²) in [4.78, 5) is 51.8. The van der Waals surface area contributed by atoms with Gasteiger partial charge in [0, 0.05) is 53.8 Å². The largest absolute Gasteiger partial charge is 0.475 e. The normalized spacial score (nSPS) is 11.7. The number of amides is 2. The lowest BCUT2D eigenvalue weighted by atomic mass is 10.0. The number of carbonyl (C=O) groups excluding carboxylic acids is 2. The van der Waals surface area contributed by atoms with Crippen LogP contribution in [0.25, 0.3) is 32.7 Å². The van der Waals surface area contributed by atoms with E-state index >= 15 is 0 Å². The zero-order valence-corrected chi connectivity index (χ0v) is 32.7. The van der Waals surface area contributed by atoms with Gasteiger partial charge in [0.15, 0.2) is 5.69 Å². The van der Waals surface area contributed by atoms with Gasteiger partial charge >= 0.3 is 26.0 Å². The number of nitrogens with one attached hydrogen (secondary N) is 2. The number of alkyl halides is 3. The van der Waals surface area contributed by atoms with Crippen molar-refractivity contribution in [3.63, 3.8) is 0 Å². The molecule has 58 heavy (non-hydrogen) atoms. The van der Waals surface area contributed by atoms with Gasteiger partial charge in [0.1, 0.15) is 22.0 Å². The number of thiazole rings is 1. The van der Waals surface area contributed by atoms with Gasteiger partial charge in [-0.1, -0.05) is 60.7 Å². The molecule has 2 amide bonds. The van der Waals surface area contributed by atoms with E-state index in [1.807, 2.05) is 12.1 Å². The molecule has 14 nitrogen and oxygen atoms in total. The first kappa shape index (κ1) is 41.8. The molecular formula is C39H36F3N6O8PS. The van der Waals surface area contributed by atoms with E-state index in [1.165, 1.54) is 35.3 Å². The van der Waals surface area contributed by atoms with Crippen molar-refractivity contribution < 1.29 is 45.6 Å². The average Bonchev–Trinajstić information content (AvgIpc) is 3.73. The highest BCUT2D eigenvalue weighted by molar-refractivity contribution is 7.48. The summed E-state index contributed by atoms with van der Waals surface area (Å²) in [5.41, 5.74) is -0.0425. The Kier molecular flexibility index (Phi) is 13.5. The number of esters is 1. The van der Waals surface area contributed by atoms with Crippen molar-refractivity contribution in [3.8, 4) is 21.7 Å². The number of urea groups is 1. The Morgan fingerprint density at radius 2 is 1.57 bits per heavy atom. The Bertz CT molecular complexity index is 2460. The van der Waals surface area contributed by atoms with Gasteiger partial charge in [-0.3, -0.25) is 23.7 Å². The van der Waals surface area contributed by atoms with Crippen molar-refractivity contribution >= 4 is 48.0 Å². The first-order chi connectivity index (χ1) is 27.9. The van der Waals surface area contributed by atoms with Crippen molar-refractivity contribution in [2.24, 2.45) is 0 Å². The molecule has 0 radical (unpaired) electrons. The summed E-state index contributed by atoms with van der Waals surface area (Å²) in [5.74, 6) is -0.893. The number of benzene rings is 2. The van der Waals surface area contributed by atoms with E-state index in [-0.39, 0.29) is 77.1 Å². The number of ether oxygens (including phenoxy) is 1. The Morgan fingerprint density at radius 3 is 2.17 bits per heavy atom. The minimum Gasteiger partial charge on any atom is -0.462 e. The van der Waals surface area contributed by atoms with Crippen LogP contribution in [0.2, 0.25) is 0 Å². The van der Waals surface area contributed by atoms with Crippen molar-refractivity contribution in [2.45, 2.75) is 39.8 Å². The molecule has 0 atom stereocenters. The Morgan fingerprint density at radius 1 is 0.897 bits per heavy atom. The third kappa shape index (κ3) is 10.4. The van der Waals surface area contributed by atoms with Gasteiger partial charge in [-0.2, -0.15) is 13.2 Å². The second-order valence-electron chi connectivity index (χ2n) is 12.3. The number of hydrogen-bond acceptors (Lipinski definition) is 12. The number of rotatable bonds is 16. The zero-order valence-electron chi connectivity index (χ0n) is 31.0. The molecule has 0 aliphatic heterocycles. The van der Waals surface area contributed by atoms with Crippen LogP contribution in [0.5, 0.6) is 0 Å². The summed E-state index contributed by atoms with van der Waals surface area (Å²) < 4.78 is 78.6. The summed E-state index contributed by atoms with van der Waals surface area (Å²) in [6, 6.07) is 20.2. The van der Waals surface area contributed by atoms with Gasteiger partial charge in [0.05, 0.1) is 31.8 Å². The summed E-state index contributed by atoms with van der Waals surface area (Å²) in [7, 11) is -4.21. The molecule has 0 aliphatic carbocycles. The minimum atomic E-state index is -4.72. The Balaban J connectivity index is 1.36. The van der Waals surface area contributed by atoms with E-state index < -0.39 is 37.1 Å². The molecule has 0 spiro atoms. The molecule has 2 N–H and O–H groups in total. The highest BCUT2D eigenvalue weighted by Crippen LogP contribution is 2.51. The Labute approximate surface area is 333 Å². The predicted molar refractivity (Wildman–Crippen MR) is 210 cm³/mol. The maximum absolute atomic E-state index is 13.9. The molecule has 2 aromatic carbocycles. The van der Waals surface area contributed by atoms with Gasteiger partial charge in [-0.15, -0.1) is 11.3 Å². The molecule has 4 heterocycles. The third-order valence-corrected chi connectivity index (χ3v) is 10.5. The summed E-state index contributed by atoms with van der Waals surface area (Å²) in [6.45, 7) is 3.01. The van der Waals surface area contributed by atoms with Gasteiger partial charge in [-0.05, 0) is 37.1 Å². The SMILES string of the molecule is CCNC(=O)Nc1cc(-c2nc(C(F)(F)F)cs2)c(-c2cnc3c(c2)c(=O)c(C(=O)OCC)cn3CCOP(=O)(OCc2ccccc2)OCc2ccccc2)cn1. The van der Waals surface area contributed by atoms with E-state index in [1.54, 1.807) is 62.4 Å². The number of carbonyl (C=O) groups is 2. The highest BCUT2D eigenvalue weighted by Gasteiger charge is 2.34. The topological polar surface area (TPSA) is 173 Å². The number of aromatic nitrogens is 4. The fourth-order valence-corrected chi connectivity index (χ4v) is 7.54. The standard InChI is InChI=1S/C39H36F3N6O8PS/c1-3-43-38(51)47-33-18-28(36-46-32(24-58-36)39(40,41)42)30(20-44-33)27-17-29-34(49)31(37(50)53-4-2)21-48(35(29)45-19-27)15-16-54-57(52,55-22-25-11-7-5-8-12-25)56-23-26-13-9-6-10-14-26/h5-14,17-21,24H,3-4,15-16,22-23H2,1-2H3,(H2,43,44,47,51). The molecule has 302 valence electrons. The van der Waals surface area contributed by atoms with Crippen molar-refractivity contribution in [3.05, 3.63) is 129 Å². The first-order valence-corrected chi connectivity index (χ1v) is 20.1. The van der Waals surface area contributed by atoms with Crippen LogP contribution in [0.1, 0.15) is 41.0 Å². The Hall–Kier alpha value is -5.78. The number of hydrogen-bond donors (Lipinski definition) is 2. The molecule has 0 saturated heterocycles. The van der Waals surface area contributed by atoms with Gasteiger partial charge in [0.2, 0.25) is 5.43 Å². The van der Waals surface area contributed by atoms with Crippen LogP contribution in [0.3, 0.4) is 0 Å². The molecule has 0 fully saturated rings. The van der Waals surface area contributed by atoms with E-state index in [0.717, 1.165) is 27.8 Å². The highest BCUT2D eigenvalue weighted by atomic mass is 32.1. The molecule has 0 aliphatic rings. The van der Waals surface area contributed by atoms with Crippen LogP contribution in [0, 0.1) is 0 Å². The summed E-state index contributed by atoms with van der Waals surface area (Å²) in [5, 5.41) is 5.84. The fourth-order valence-electron chi connectivity index (χ4n) is 5.54. The maximum atomic E-state index is 13.9. The van der Waals surface area contributed by atoms with Crippen LogP contribution >= 0.6 is 19.2 Å². The van der Waals surface area contributed by atoms with Crippen molar-refractivity contribution in [1.82, 2.24) is 24.8 Å². The van der Waals surface area contributed by atoms with Crippen LogP contribution < -0.4 is 16.1 Å². The second-order valence-corrected chi connectivity index (χ2v) is 14.8. The lowest BCUT2D eigenvalue weighted by molar-refractivity contribution is -0.140. The predicted octanol–water partition coefficient (Wildman–Crippen LogP) is 8.48. The van der Waals surface area contributed by atoms with Crippen LogP contribution in [-0.4, -0.2) is 51.3 Å². The molecular weight excluding hydrogens is 800 g/mol. The number of phosphoric ester groups is 1. The molecule has 6 aromatic rings. The first-order valence-electron chi connectivity index (χ1n) is 17.8. The number of anilines is 1. The van der Waals surface area contributed by atoms with E-state index in [0.29, 0.717) is 6.54 Å². The second kappa shape index (κ2) is 18.7. The van der Waals surface area contributed by atoms with Crippen LogP contribution in [0.15, 0.2) is 102 Å². The average molecular weight is 837 g/mol. The zero-order chi connectivity index (χ0) is 41.3. The third-order valence-electron chi connectivity index (χ3n) is 8.27. The molecule has 19 heteroatoms. The van der Waals surface area contributed by atoms with Gasteiger partial charge in [0.25, 0.3) is 0 Å². The molecule has 0 unspecified atom stereocenters. The van der Waals surface area contributed by atoms with Gasteiger partial charge < -0.3 is 14.6 Å². The monoisotopic (exact) mass is 836 g/mol. The van der Waals surface area contributed by atoms with Crippen molar-refractivity contribution in [1.29, 1.82) is 0 Å². The van der Waals surface area contributed by atoms with E-state index in [9.17, 15) is 32.1 Å². The molecule has 4 aromatic heterocycles. The molecule has 6 rings (SSSR count). The maximum Gasteiger partial charge on any atom is 0.475 e. The van der Waals surface area contributed by atoms with Crippen LogP contribution in [-0.2, 0) is 48.8 Å². The quantitative estimate of drug-likeness (QED) is 0.0707. The van der Waals surface area contributed by atoms with E-state index in [4.69, 9.17) is 18.3 Å². The smallest absolute Gasteiger partial charge is 0.462 e. The van der Waals surface area contributed by atoms with Gasteiger partial charge in [-0.25, -0.2) is 29.1 Å². The number of halogens is 3. The number of pyridine rings is 3. The minimum absolute atomic E-state index is 0.0203. The lowest BCUT2D eigenvalue weighted by Gasteiger charge is -2.19. The fraction of sp³-hybridized carbons (Fsp3) is 0.231. The number of phosphoric acid groups is 1. The van der Waals surface area contributed by atoms with E-state index in [2.05, 4.69) is 25.6 Å². The summed E-state index contributed by atoms with van der Waals surface area (Å²) >= 11 is 0.720. The lowest BCUT2D eigenvalue weighted by Crippen LogP contribution is -2.28. The van der Waals surface area contributed by atoms with Crippen molar-refractivity contribution in [2.75, 3.05) is 25.1 Å². The molecule has 0 saturated carbocycles. The number of nitrogens with zero attached hydrogens (tertiary/aromatic N) is 4. The summed E-state index contributed by atoms with van der Waals surface area (Å²) in [6.07, 6.45) is -0.793. The van der Waals surface area contributed by atoms with Crippen LogP contribution in [0.4, 0.5) is 23.8 Å². The number of fused-ring (bicyclic) bond motifs is 1.